The average Bonchev–Trinajstić information content (AvgIpc) is 2.73. The van der Waals surface area contributed by atoms with Crippen molar-refractivity contribution in [3.63, 3.8) is 0 Å². The fourth-order valence-electron chi connectivity index (χ4n) is 1.95. The summed E-state index contributed by atoms with van der Waals surface area (Å²) in [4.78, 5) is 0. The molecule has 17 heavy (non-hydrogen) atoms. The summed E-state index contributed by atoms with van der Waals surface area (Å²) in [6.07, 6.45) is 5.21. The van der Waals surface area contributed by atoms with Gasteiger partial charge in [-0.3, -0.25) is 0 Å². The van der Waals surface area contributed by atoms with E-state index < -0.39 is 0 Å². The predicted octanol–water partition coefficient (Wildman–Crippen LogP) is 3.23. The molecule has 0 saturated carbocycles. The molecule has 94 valence electrons. The number of hydrogen-bond donors (Lipinski definition) is 1. The van der Waals surface area contributed by atoms with E-state index in [1.54, 1.807) is 0 Å². The molecule has 1 aromatic heterocycles. The highest BCUT2D eigenvalue weighted by Crippen LogP contribution is 2.22. The van der Waals surface area contributed by atoms with Crippen molar-refractivity contribution in [2.75, 3.05) is 0 Å². The summed E-state index contributed by atoms with van der Waals surface area (Å²) in [5, 5.41) is 8.92. The molecule has 1 unspecified atom stereocenters. The smallest absolute Gasteiger partial charge is 0.0683 e. The zero-order chi connectivity index (χ0) is 12.9. The third-order valence-electron chi connectivity index (χ3n) is 3.08. The largest absolute Gasteiger partial charge is 0.350 e. The molecule has 0 spiro atoms. The lowest BCUT2D eigenvalue weighted by Crippen LogP contribution is -2.12. The van der Waals surface area contributed by atoms with Gasteiger partial charge in [-0.2, -0.15) is 5.26 Å². The van der Waals surface area contributed by atoms with Gasteiger partial charge >= 0.3 is 0 Å². The standard InChI is InChI=1S/C14H23N3/c1-12(16)13-7-6-10-17(13)9-5-4-8-14(2,3)11-15/h6-7,10,12H,4-5,8-9,16H2,1-3H3. The van der Waals surface area contributed by atoms with Crippen molar-refractivity contribution < 1.29 is 0 Å². The molecular formula is C14H23N3. The molecule has 2 N–H and O–H groups in total. The van der Waals surface area contributed by atoms with Gasteiger partial charge in [-0.15, -0.1) is 0 Å². The molecule has 1 aromatic rings. The third kappa shape index (κ3) is 4.24. The van der Waals surface area contributed by atoms with E-state index in [-0.39, 0.29) is 11.5 Å². The lowest BCUT2D eigenvalue weighted by molar-refractivity contribution is 0.415. The van der Waals surface area contributed by atoms with Gasteiger partial charge in [0.15, 0.2) is 0 Å². The minimum atomic E-state index is -0.194. The SMILES string of the molecule is CC(N)c1cccn1CCCCC(C)(C)C#N. The van der Waals surface area contributed by atoms with E-state index in [1.165, 1.54) is 5.69 Å². The number of unbranched alkanes of at least 4 members (excludes halogenated alkanes) is 1. The molecule has 0 aliphatic rings. The van der Waals surface area contributed by atoms with E-state index in [0.717, 1.165) is 25.8 Å². The predicted molar refractivity (Wildman–Crippen MR) is 70.3 cm³/mol. The number of aryl methyl sites for hydroxylation is 1. The van der Waals surface area contributed by atoms with Crippen LogP contribution >= 0.6 is 0 Å². The van der Waals surface area contributed by atoms with Crippen molar-refractivity contribution >= 4 is 0 Å². The molecule has 1 rings (SSSR count). The number of aromatic nitrogens is 1. The first-order valence-corrected chi connectivity index (χ1v) is 6.28. The Balaban J connectivity index is 2.37. The Labute approximate surface area is 104 Å². The maximum Gasteiger partial charge on any atom is 0.0683 e. The summed E-state index contributed by atoms with van der Waals surface area (Å²) in [6.45, 7) is 6.99. The molecule has 0 amide bonds. The maximum absolute atomic E-state index is 8.92. The molecule has 0 aliphatic carbocycles. The Morgan fingerprint density at radius 2 is 2.18 bits per heavy atom. The van der Waals surface area contributed by atoms with Crippen LogP contribution in [0.3, 0.4) is 0 Å². The number of rotatable bonds is 6. The average molecular weight is 233 g/mol. The summed E-state index contributed by atoms with van der Waals surface area (Å²) in [7, 11) is 0. The van der Waals surface area contributed by atoms with Crippen LogP contribution in [0.5, 0.6) is 0 Å². The van der Waals surface area contributed by atoms with Crippen molar-refractivity contribution in [3.8, 4) is 6.07 Å². The van der Waals surface area contributed by atoms with Gasteiger partial charge in [0.05, 0.1) is 11.5 Å². The summed E-state index contributed by atoms with van der Waals surface area (Å²) >= 11 is 0. The third-order valence-corrected chi connectivity index (χ3v) is 3.08. The fraction of sp³-hybridized carbons (Fsp3) is 0.643. The van der Waals surface area contributed by atoms with Crippen LogP contribution in [-0.4, -0.2) is 4.57 Å². The second-order valence-corrected chi connectivity index (χ2v) is 5.37. The minimum absolute atomic E-state index is 0.0838. The van der Waals surface area contributed by atoms with Gasteiger partial charge in [0.25, 0.3) is 0 Å². The van der Waals surface area contributed by atoms with Gasteiger partial charge < -0.3 is 10.3 Å². The summed E-state index contributed by atoms with van der Waals surface area (Å²) in [6, 6.07) is 6.53. The van der Waals surface area contributed by atoms with Crippen LogP contribution in [0.4, 0.5) is 0 Å². The Bertz CT molecular complexity index is 382. The second-order valence-electron chi connectivity index (χ2n) is 5.37. The van der Waals surface area contributed by atoms with Crippen molar-refractivity contribution in [2.24, 2.45) is 11.1 Å². The van der Waals surface area contributed by atoms with Gasteiger partial charge in [0, 0.05) is 24.5 Å². The summed E-state index contributed by atoms with van der Waals surface area (Å²) in [5.74, 6) is 0. The normalized spacial score (nSPS) is 13.4. The fourth-order valence-corrected chi connectivity index (χ4v) is 1.95. The molecule has 3 heteroatoms. The van der Waals surface area contributed by atoms with E-state index >= 15 is 0 Å². The number of hydrogen-bond acceptors (Lipinski definition) is 2. The van der Waals surface area contributed by atoms with Gasteiger partial charge in [-0.05, 0) is 45.7 Å². The highest BCUT2D eigenvalue weighted by atomic mass is 15.0. The lowest BCUT2D eigenvalue weighted by Gasteiger charge is -2.15. The Hall–Kier alpha value is -1.27. The maximum atomic E-state index is 8.92. The quantitative estimate of drug-likeness (QED) is 0.767. The number of nitrogens with two attached hydrogens (primary N) is 1. The van der Waals surface area contributed by atoms with Crippen LogP contribution in [0, 0.1) is 16.7 Å². The highest BCUT2D eigenvalue weighted by molar-refractivity contribution is 5.10. The molecule has 0 radical (unpaired) electrons. The van der Waals surface area contributed by atoms with E-state index in [0.29, 0.717) is 0 Å². The second kappa shape index (κ2) is 5.88. The van der Waals surface area contributed by atoms with Gasteiger partial charge in [-0.1, -0.05) is 6.42 Å². The van der Waals surface area contributed by atoms with Crippen LogP contribution in [0.1, 0.15) is 51.8 Å². The van der Waals surface area contributed by atoms with Crippen LogP contribution in [-0.2, 0) is 6.54 Å². The van der Waals surface area contributed by atoms with Crippen LogP contribution in [0.15, 0.2) is 18.3 Å². The molecule has 0 aliphatic heterocycles. The number of nitrogens with zero attached hydrogens (tertiary/aromatic N) is 2. The summed E-state index contributed by atoms with van der Waals surface area (Å²) in [5.41, 5.74) is 6.88. The lowest BCUT2D eigenvalue weighted by atomic mass is 9.89. The van der Waals surface area contributed by atoms with Gasteiger partial charge in [0.2, 0.25) is 0 Å². The molecule has 0 aromatic carbocycles. The van der Waals surface area contributed by atoms with Crippen molar-refractivity contribution in [3.05, 3.63) is 24.0 Å². The monoisotopic (exact) mass is 233 g/mol. The Kier molecular flexibility index (Phi) is 4.77. The Morgan fingerprint density at radius 1 is 1.47 bits per heavy atom. The van der Waals surface area contributed by atoms with Gasteiger partial charge in [-0.25, -0.2) is 0 Å². The van der Waals surface area contributed by atoms with Crippen molar-refractivity contribution in [1.82, 2.24) is 4.57 Å². The molecule has 1 heterocycles. The van der Waals surface area contributed by atoms with Crippen LogP contribution in [0.25, 0.3) is 0 Å². The van der Waals surface area contributed by atoms with E-state index in [1.807, 2.05) is 26.8 Å². The zero-order valence-corrected chi connectivity index (χ0v) is 11.1. The first-order chi connectivity index (χ1) is 7.96. The summed E-state index contributed by atoms with van der Waals surface area (Å²) < 4.78 is 2.21. The van der Waals surface area contributed by atoms with Crippen LogP contribution < -0.4 is 5.73 Å². The molecule has 3 nitrogen and oxygen atoms in total. The van der Waals surface area contributed by atoms with Crippen molar-refractivity contribution in [1.29, 1.82) is 5.26 Å². The molecule has 1 atom stereocenters. The Morgan fingerprint density at radius 3 is 2.76 bits per heavy atom. The number of nitriles is 1. The zero-order valence-electron chi connectivity index (χ0n) is 11.1. The minimum Gasteiger partial charge on any atom is -0.350 e. The topological polar surface area (TPSA) is 54.7 Å². The van der Waals surface area contributed by atoms with E-state index in [4.69, 9.17) is 11.0 Å². The molecule has 0 fully saturated rings. The molecular weight excluding hydrogens is 210 g/mol. The first kappa shape index (κ1) is 13.8. The van der Waals surface area contributed by atoms with Crippen LogP contribution in [0.2, 0.25) is 0 Å². The van der Waals surface area contributed by atoms with E-state index in [9.17, 15) is 0 Å². The highest BCUT2D eigenvalue weighted by Gasteiger charge is 2.15. The molecule has 0 saturated heterocycles. The van der Waals surface area contributed by atoms with Crippen molar-refractivity contribution in [2.45, 2.75) is 52.6 Å². The van der Waals surface area contributed by atoms with Gasteiger partial charge in [0.1, 0.15) is 0 Å². The molecule has 0 bridgehead atoms. The van der Waals surface area contributed by atoms with E-state index in [2.05, 4.69) is 22.9 Å². The first-order valence-electron chi connectivity index (χ1n) is 6.28.